The highest BCUT2D eigenvalue weighted by Gasteiger charge is 2.31. The quantitative estimate of drug-likeness (QED) is 0.705. The fourth-order valence-corrected chi connectivity index (χ4v) is 2.67. The highest BCUT2D eigenvalue weighted by atomic mass is 15.0. The van der Waals surface area contributed by atoms with Crippen molar-refractivity contribution >= 4 is 0 Å². The number of nitrogens with one attached hydrogen (secondary N) is 1. The molecule has 1 heteroatoms. The molecule has 0 aromatic carbocycles. The Morgan fingerprint density at radius 3 is 2.31 bits per heavy atom. The van der Waals surface area contributed by atoms with Crippen LogP contribution in [0.2, 0.25) is 0 Å². The third kappa shape index (κ3) is 2.46. The van der Waals surface area contributed by atoms with Gasteiger partial charge in [0.15, 0.2) is 0 Å². The summed E-state index contributed by atoms with van der Waals surface area (Å²) < 4.78 is 0. The van der Waals surface area contributed by atoms with E-state index < -0.39 is 0 Å². The second-order valence-electron chi connectivity index (χ2n) is 5.30. The molecule has 0 atom stereocenters. The predicted octanol–water partition coefficient (Wildman–Crippen LogP) is 3.10. The molecule has 76 valence electrons. The van der Waals surface area contributed by atoms with Crippen molar-refractivity contribution in [3.05, 3.63) is 0 Å². The van der Waals surface area contributed by atoms with E-state index >= 15 is 0 Å². The van der Waals surface area contributed by atoms with E-state index in [-0.39, 0.29) is 0 Å². The molecular weight excluding hydrogens is 158 g/mol. The predicted molar refractivity (Wildman–Crippen MR) is 56.8 cm³/mol. The van der Waals surface area contributed by atoms with Gasteiger partial charge in [0, 0.05) is 5.54 Å². The standard InChI is InChI=1S/C12H23N/c1-12(8-5-9-12)13-10-11-6-3-2-4-7-11/h11,13H,2-10H2,1H3. The third-order valence-electron chi connectivity index (χ3n) is 4.00. The maximum absolute atomic E-state index is 3.77. The zero-order valence-electron chi connectivity index (χ0n) is 8.94. The van der Waals surface area contributed by atoms with Crippen molar-refractivity contribution in [2.75, 3.05) is 6.54 Å². The van der Waals surface area contributed by atoms with Gasteiger partial charge in [0.2, 0.25) is 0 Å². The Kier molecular flexibility index (Phi) is 2.92. The normalized spacial score (nSPS) is 28.4. The topological polar surface area (TPSA) is 12.0 Å². The molecule has 0 aliphatic heterocycles. The van der Waals surface area contributed by atoms with Gasteiger partial charge in [-0.2, -0.15) is 0 Å². The second kappa shape index (κ2) is 4.00. The molecule has 1 nitrogen and oxygen atoms in total. The summed E-state index contributed by atoms with van der Waals surface area (Å²) in [7, 11) is 0. The van der Waals surface area contributed by atoms with E-state index in [0.29, 0.717) is 5.54 Å². The average molecular weight is 181 g/mol. The van der Waals surface area contributed by atoms with Gasteiger partial charge in [-0.1, -0.05) is 19.3 Å². The van der Waals surface area contributed by atoms with Crippen LogP contribution in [0.25, 0.3) is 0 Å². The van der Waals surface area contributed by atoms with Crippen molar-refractivity contribution in [2.45, 2.75) is 63.8 Å². The van der Waals surface area contributed by atoms with Gasteiger partial charge in [-0.25, -0.2) is 0 Å². The van der Waals surface area contributed by atoms with Gasteiger partial charge in [0.25, 0.3) is 0 Å². The minimum Gasteiger partial charge on any atom is -0.311 e. The van der Waals surface area contributed by atoms with E-state index in [0.717, 1.165) is 5.92 Å². The zero-order valence-corrected chi connectivity index (χ0v) is 8.94. The molecule has 0 heterocycles. The molecule has 0 radical (unpaired) electrons. The van der Waals surface area contributed by atoms with Gasteiger partial charge in [-0.3, -0.25) is 0 Å². The van der Waals surface area contributed by atoms with Crippen LogP contribution in [0.5, 0.6) is 0 Å². The van der Waals surface area contributed by atoms with Crippen LogP contribution >= 0.6 is 0 Å². The van der Waals surface area contributed by atoms with E-state index in [9.17, 15) is 0 Å². The summed E-state index contributed by atoms with van der Waals surface area (Å²) in [5.41, 5.74) is 0.525. The molecule has 2 fully saturated rings. The van der Waals surface area contributed by atoms with Gasteiger partial charge in [0.05, 0.1) is 0 Å². The van der Waals surface area contributed by atoms with Crippen LogP contribution in [0.3, 0.4) is 0 Å². The van der Waals surface area contributed by atoms with Crippen molar-refractivity contribution in [3.63, 3.8) is 0 Å². The summed E-state index contributed by atoms with van der Waals surface area (Å²) in [6.07, 6.45) is 11.6. The number of hydrogen-bond acceptors (Lipinski definition) is 1. The summed E-state index contributed by atoms with van der Waals surface area (Å²) in [6.45, 7) is 3.68. The van der Waals surface area contributed by atoms with Crippen LogP contribution in [-0.4, -0.2) is 12.1 Å². The Hall–Kier alpha value is -0.0400. The van der Waals surface area contributed by atoms with Gasteiger partial charge in [-0.05, 0) is 51.5 Å². The molecule has 2 aliphatic carbocycles. The van der Waals surface area contributed by atoms with Crippen LogP contribution in [0.15, 0.2) is 0 Å². The van der Waals surface area contributed by atoms with Gasteiger partial charge >= 0.3 is 0 Å². The lowest BCUT2D eigenvalue weighted by Crippen LogP contribution is -2.49. The van der Waals surface area contributed by atoms with E-state index in [4.69, 9.17) is 0 Å². The van der Waals surface area contributed by atoms with Gasteiger partial charge < -0.3 is 5.32 Å². The third-order valence-corrected chi connectivity index (χ3v) is 4.00. The van der Waals surface area contributed by atoms with Crippen molar-refractivity contribution in [2.24, 2.45) is 5.92 Å². The van der Waals surface area contributed by atoms with Gasteiger partial charge in [-0.15, -0.1) is 0 Å². The lowest BCUT2D eigenvalue weighted by Gasteiger charge is -2.41. The van der Waals surface area contributed by atoms with E-state index in [2.05, 4.69) is 12.2 Å². The first-order valence-corrected chi connectivity index (χ1v) is 6.04. The van der Waals surface area contributed by atoms with Crippen molar-refractivity contribution in [1.82, 2.24) is 5.32 Å². The Morgan fingerprint density at radius 2 is 1.77 bits per heavy atom. The molecule has 0 saturated heterocycles. The largest absolute Gasteiger partial charge is 0.311 e. The average Bonchev–Trinajstić information content (AvgIpc) is 2.13. The first-order chi connectivity index (χ1) is 6.29. The summed E-state index contributed by atoms with van der Waals surface area (Å²) in [5, 5.41) is 3.77. The van der Waals surface area contributed by atoms with Crippen LogP contribution in [-0.2, 0) is 0 Å². The van der Waals surface area contributed by atoms with Crippen molar-refractivity contribution in [3.8, 4) is 0 Å². The van der Waals surface area contributed by atoms with Crippen LogP contribution < -0.4 is 5.32 Å². The highest BCUT2D eigenvalue weighted by molar-refractivity contribution is 4.91. The maximum Gasteiger partial charge on any atom is 0.0153 e. The summed E-state index contributed by atoms with van der Waals surface area (Å²) in [6, 6.07) is 0. The second-order valence-corrected chi connectivity index (χ2v) is 5.30. The van der Waals surface area contributed by atoms with Crippen molar-refractivity contribution < 1.29 is 0 Å². The number of rotatable bonds is 3. The highest BCUT2D eigenvalue weighted by Crippen LogP contribution is 2.32. The zero-order chi connectivity index (χ0) is 9.15. The fraction of sp³-hybridized carbons (Fsp3) is 1.00. The molecule has 0 bridgehead atoms. The first-order valence-electron chi connectivity index (χ1n) is 6.04. The summed E-state index contributed by atoms with van der Waals surface area (Å²) in [4.78, 5) is 0. The first kappa shape index (κ1) is 9.51. The Balaban J connectivity index is 1.66. The molecule has 2 aliphatic rings. The lowest BCUT2D eigenvalue weighted by atomic mass is 9.78. The molecule has 2 rings (SSSR count). The minimum absolute atomic E-state index is 0.525. The Labute approximate surface area is 82.3 Å². The van der Waals surface area contributed by atoms with E-state index in [1.54, 1.807) is 0 Å². The van der Waals surface area contributed by atoms with Crippen LogP contribution in [0.4, 0.5) is 0 Å². The Bertz CT molecular complexity index is 155. The molecule has 13 heavy (non-hydrogen) atoms. The van der Waals surface area contributed by atoms with Crippen LogP contribution in [0.1, 0.15) is 58.3 Å². The molecular formula is C12H23N. The molecule has 0 aromatic heterocycles. The summed E-state index contributed by atoms with van der Waals surface area (Å²) in [5.74, 6) is 0.992. The molecule has 0 unspecified atom stereocenters. The number of hydrogen-bond donors (Lipinski definition) is 1. The molecule has 2 saturated carbocycles. The smallest absolute Gasteiger partial charge is 0.0153 e. The Morgan fingerprint density at radius 1 is 1.08 bits per heavy atom. The van der Waals surface area contributed by atoms with Crippen LogP contribution in [0, 0.1) is 5.92 Å². The van der Waals surface area contributed by atoms with E-state index in [1.165, 1.54) is 57.9 Å². The van der Waals surface area contributed by atoms with Crippen molar-refractivity contribution in [1.29, 1.82) is 0 Å². The van der Waals surface area contributed by atoms with E-state index in [1.807, 2.05) is 0 Å². The molecule has 0 aromatic rings. The molecule has 1 N–H and O–H groups in total. The molecule has 0 spiro atoms. The minimum atomic E-state index is 0.525. The maximum atomic E-state index is 3.77. The monoisotopic (exact) mass is 181 g/mol. The fourth-order valence-electron chi connectivity index (χ4n) is 2.67. The van der Waals surface area contributed by atoms with Gasteiger partial charge in [0.1, 0.15) is 0 Å². The molecule has 0 amide bonds. The lowest BCUT2D eigenvalue weighted by molar-refractivity contribution is 0.188. The summed E-state index contributed by atoms with van der Waals surface area (Å²) >= 11 is 0. The SMILES string of the molecule is CC1(NCC2CCCCC2)CCC1.